The van der Waals surface area contributed by atoms with Gasteiger partial charge in [0.1, 0.15) is 0 Å². The highest BCUT2D eigenvalue weighted by Gasteiger charge is 2.02. The van der Waals surface area contributed by atoms with Gasteiger partial charge in [0.15, 0.2) is 0 Å². The first-order valence-corrected chi connectivity index (χ1v) is 6.73. The van der Waals surface area contributed by atoms with Crippen LogP contribution < -0.4 is 5.32 Å². The van der Waals surface area contributed by atoms with E-state index < -0.39 is 0 Å². The molecule has 0 aliphatic rings. The summed E-state index contributed by atoms with van der Waals surface area (Å²) in [5, 5.41) is 3.49. The lowest BCUT2D eigenvalue weighted by atomic mass is 10.1. The van der Waals surface area contributed by atoms with Crippen LogP contribution >= 0.6 is 0 Å². The van der Waals surface area contributed by atoms with Gasteiger partial charge >= 0.3 is 0 Å². The minimum Gasteiger partial charge on any atom is -0.309 e. The lowest BCUT2D eigenvalue weighted by Gasteiger charge is -2.13. The molecule has 0 fully saturated rings. The van der Waals surface area contributed by atoms with E-state index in [4.69, 9.17) is 0 Å². The van der Waals surface area contributed by atoms with Gasteiger partial charge < -0.3 is 5.32 Å². The molecule has 1 aromatic heterocycles. The molecule has 0 saturated carbocycles. The van der Waals surface area contributed by atoms with E-state index in [2.05, 4.69) is 29.1 Å². The summed E-state index contributed by atoms with van der Waals surface area (Å²) in [6, 6.07) is 0.565. The van der Waals surface area contributed by atoms with Crippen LogP contribution in [0.15, 0.2) is 12.4 Å². The van der Waals surface area contributed by atoms with Gasteiger partial charge in [-0.25, -0.2) is 0 Å². The maximum atomic E-state index is 4.33. The van der Waals surface area contributed by atoms with Crippen LogP contribution in [0.25, 0.3) is 0 Å². The third-order valence-corrected chi connectivity index (χ3v) is 2.96. The summed E-state index contributed by atoms with van der Waals surface area (Å²) in [7, 11) is 0. The lowest BCUT2D eigenvalue weighted by molar-refractivity contribution is 0.479. The molecule has 0 amide bonds. The van der Waals surface area contributed by atoms with E-state index in [1.807, 2.05) is 19.3 Å². The standard InChI is InChI=1S/C14H25N3/c1-4-5-6-7-8-12(2)15-10-14-11-16-13(3)9-17-14/h9,11-12,15H,4-8,10H2,1-3H3. The van der Waals surface area contributed by atoms with Crippen molar-refractivity contribution in [2.45, 2.75) is 65.5 Å². The monoisotopic (exact) mass is 235 g/mol. The Morgan fingerprint density at radius 2 is 2.00 bits per heavy atom. The maximum Gasteiger partial charge on any atom is 0.0724 e. The third kappa shape index (κ3) is 6.37. The second-order valence-corrected chi connectivity index (χ2v) is 4.78. The molecule has 3 nitrogen and oxygen atoms in total. The van der Waals surface area contributed by atoms with Crippen LogP contribution in [0.5, 0.6) is 0 Å². The summed E-state index contributed by atoms with van der Waals surface area (Å²) in [6.07, 6.45) is 10.3. The van der Waals surface area contributed by atoms with Gasteiger partial charge in [0, 0.05) is 25.0 Å². The van der Waals surface area contributed by atoms with E-state index in [0.29, 0.717) is 6.04 Å². The Labute approximate surface area is 105 Å². The highest BCUT2D eigenvalue weighted by molar-refractivity contribution is 5.00. The second-order valence-electron chi connectivity index (χ2n) is 4.78. The molecule has 3 heteroatoms. The molecular weight excluding hydrogens is 210 g/mol. The Balaban J connectivity index is 2.14. The summed E-state index contributed by atoms with van der Waals surface area (Å²) < 4.78 is 0. The topological polar surface area (TPSA) is 37.8 Å². The SMILES string of the molecule is CCCCCCC(C)NCc1cnc(C)cn1. The van der Waals surface area contributed by atoms with Crippen molar-refractivity contribution in [1.29, 1.82) is 0 Å². The normalized spacial score (nSPS) is 12.6. The molecule has 0 aromatic carbocycles. The summed E-state index contributed by atoms with van der Waals surface area (Å²) in [5.74, 6) is 0. The zero-order valence-corrected chi connectivity index (χ0v) is 11.4. The Hall–Kier alpha value is -0.960. The molecule has 17 heavy (non-hydrogen) atoms. The Morgan fingerprint density at radius 3 is 2.65 bits per heavy atom. The Kier molecular flexibility index (Phi) is 6.78. The van der Waals surface area contributed by atoms with E-state index in [1.165, 1.54) is 32.1 Å². The first-order chi connectivity index (χ1) is 8.22. The van der Waals surface area contributed by atoms with Crippen LogP contribution in [0.1, 0.15) is 57.3 Å². The summed E-state index contributed by atoms with van der Waals surface area (Å²) in [5.41, 5.74) is 2.00. The van der Waals surface area contributed by atoms with Crippen molar-refractivity contribution in [2.24, 2.45) is 0 Å². The molecule has 96 valence electrons. The highest BCUT2D eigenvalue weighted by Crippen LogP contribution is 2.05. The molecule has 0 aliphatic carbocycles. The third-order valence-electron chi connectivity index (χ3n) is 2.96. The van der Waals surface area contributed by atoms with Crippen LogP contribution in [0.3, 0.4) is 0 Å². The van der Waals surface area contributed by atoms with Crippen molar-refractivity contribution >= 4 is 0 Å². The molecule has 0 bridgehead atoms. The van der Waals surface area contributed by atoms with Gasteiger partial charge in [0.25, 0.3) is 0 Å². The van der Waals surface area contributed by atoms with Gasteiger partial charge in [-0.05, 0) is 20.3 Å². The minimum absolute atomic E-state index is 0.565. The molecule has 0 saturated heterocycles. The molecule has 1 heterocycles. The van der Waals surface area contributed by atoms with Gasteiger partial charge in [0.2, 0.25) is 0 Å². The predicted octanol–water partition coefficient (Wildman–Crippen LogP) is 3.23. The average Bonchev–Trinajstić information content (AvgIpc) is 2.34. The summed E-state index contributed by atoms with van der Waals surface area (Å²) >= 11 is 0. The van der Waals surface area contributed by atoms with Crippen LogP contribution in [-0.2, 0) is 6.54 Å². The van der Waals surface area contributed by atoms with Crippen LogP contribution in [0, 0.1) is 6.92 Å². The fourth-order valence-electron chi connectivity index (χ4n) is 1.77. The van der Waals surface area contributed by atoms with Gasteiger partial charge in [0.05, 0.1) is 11.4 Å². The largest absolute Gasteiger partial charge is 0.309 e. The Bertz CT molecular complexity index is 295. The first kappa shape index (κ1) is 14.1. The van der Waals surface area contributed by atoms with Gasteiger partial charge in [-0.1, -0.05) is 32.6 Å². The maximum absolute atomic E-state index is 4.33. The first-order valence-electron chi connectivity index (χ1n) is 6.73. The summed E-state index contributed by atoms with van der Waals surface area (Å²) in [6.45, 7) is 7.27. The highest BCUT2D eigenvalue weighted by atomic mass is 14.9. The van der Waals surface area contributed by atoms with Crippen LogP contribution in [0.2, 0.25) is 0 Å². The van der Waals surface area contributed by atoms with Gasteiger partial charge in [-0.15, -0.1) is 0 Å². The molecular formula is C14H25N3. The quantitative estimate of drug-likeness (QED) is 0.703. The number of nitrogens with one attached hydrogen (secondary N) is 1. The fourth-order valence-corrected chi connectivity index (χ4v) is 1.77. The molecule has 1 N–H and O–H groups in total. The number of hydrogen-bond donors (Lipinski definition) is 1. The second kappa shape index (κ2) is 8.18. The van der Waals surface area contributed by atoms with E-state index in [-0.39, 0.29) is 0 Å². The van der Waals surface area contributed by atoms with Crippen molar-refractivity contribution in [3.8, 4) is 0 Å². The average molecular weight is 235 g/mol. The predicted molar refractivity (Wildman–Crippen MR) is 71.8 cm³/mol. The smallest absolute Gasteiger partial charge is 0.0724 e. The number of aromatic nitrogens is 2. The number of unbranched alkanes of at least 4 members (excludes halogenated alkanes) is 3. The molecule has 0 radical (unpaired) electrons. The fraction of sp³-hybridized carbons (Fsp3) is 0.714. The molecule has 1 unspecified atom stereocenters. The zero-order chi connectivity index (χ0) is 12.5. The molecule has 1 atom stereocenters. The van der Waals surface area contributed by atoms with Gasteiger partial charge in [-0.2, -0.15) is 0 Å². The van der Waals surface area contributed by atoms with E-state index >= 15 is 0 Å². The Morgan fingerprint density at radius 1 is 1.18 bits per heavy atom. The number of hydrogen-bond acceptors (Lipinski definition) is 3. The minimum atomic E-state index is 0.565. The molecule has 0 aliphatic heterocycles. The van der Waals surface area contributed by atoms with Gasteiger partial charge in [-0.3, -0.25) is 9.97 Å². The van der Waals surface area contributed by atoms with Crippen LogP contribution in [0.4, 0.5) is 0 Å². The summed E-state index contributed by atoms with van der Waals surface area (Å²) in [4.78, 5) is 8.58. The molecule has 1 aromatic rings. The lowest BCUT2D eigenvalue weighted by Crippen LogP contribution is -2.25. The van der Waals surface area contributed by atoms with E-state index in [0.717, 1.165) is 17.9 Å². The van der Waals surface area contributed by atoms with Crippen molar-refractivity contribution in [3.05, 3.63) is 23.8 Å². The van der Waals surface area contributed by atoms with Crippen molar-refractivity contribution in [1.82, 2.24) is 15.3 Å². The van der Waals surface area contributed by atoms with Crippen LogP contribution in [-0.4, -0.2) is 16.0 Å². The van der Waals surface area contributed by atoms with Crippen molar-refractivity contribution in [3.63, 3.8) is 0 Å². The van der Waals surface area contributed by atoms with E-state index in [1.54, 1.807) is 0 Å². The van der Waals surface area contributed by atoms with Crippen molar-refractivity contribution < 1.29 is 0 Å². The van der Waals surface area contributed by atoms with E-state index in [9.17, 15) is 0 Å². The molecule has 1 rings (SSSR count). The molecule has 0 spiro atoms. The van der Waals surface area contributed by atoms with Crippen molar-refractivity contribution in [2.75, 3.05) is 0 Å². The number of nitrogens with zero attached hydrogens (tertiary/aromatic N) is 2. The number of rotatable bonds is 8. The zero-order valence-electron chi connectivity index (χ0n) is 11.4. The number of aryl methyl sites for hydroxylation is 1.